The summed E-state index contributed by atoms with van der Waals surface area (Å²) < 4.78 is 0. The van der Waals surface area contributed by atoms with E-state index in [0.29, 0.717) is 11.9 Å². The van der Waals surface area contributed by atoms with E-state index in [9.17, 15) is 0 Å². The van der Waals surface area contributed by atoms with Crippen molar-refractivity contribution < 1.29 is 0 Å². The van der Waals surface area contributed by atoms with Gasteiger partial charge in [0.15, 0.2) is 0 Å². The second-order valence-electron chi connectivity index (χ2n) is 4.05. The lowest BCUT2D eigenvalue weighted by Crippen LogP contribution is -2.32. The molecule has 0 amide bonds. The Morgan fingerprint density at radius 1 is 1.38 bits per heavy atom. The number of nitrogens with zero attached hydrogens (tertiary/aromatic N) is 3. The van der Waals surface area contributed by atoms with Crippen molar-refractivity contribution >= 4 is 17.4 Å². The van der Waals surface area contributed by atoms with Crippen molar-refractivity contribution in [2.75, 3.05) is 17.3 Å². The summed E-state index contributed by atoms with van der Waals surface area (Å²) >= 11 is 5.74. The zero-order valence-corrected chi connectivity index (χ0v) is 11.0. The Kier molecular flexibility index (Phi) is 5.53. The Bertz CT molecular complexity index is 315. The van der Waals surface area contributed by atoms with E-state index in [1.807, 2.05) is 0 Å². The van der Waals surface area contributed by atoms with Gasteiger partial charge in [0.2, 0.25) is 0 Å². The molecule has 0 aliphatic rings. The van der Waals surface area contributed by atoms with Gasteiger partial charge in [-0.25, -0.2) is 9.97 Å². The molecule has 0 radical (unpaired) electrons. The van der Waals surface area contributed by atoms with Gasteiger partial charge in [-0.1, -0.05) is 6.92 Å². The highest BCUT2D eigenvalue weighted by atomic mass is 35.5. The normalized spacial score (nSPS) is 10.8. The molecular formula is C12H20ClN3. The Morgan fingerprint density at radius 2 is 2.12 bits per heavy atom. The van der Waals surface area contributed by atoms with Crippen LogP contribution in [0, 0.1) is 0 Å². The third kappa shape index (κ3) is 3.63. The summed E-state index contributed by atoms with van der Waals surface area (Å²) in [6, 6.07) is 2.50. The first kappa shape index (κ1) is 13.2. The average Bonchev–Trinajstić information content (AvgIpc) is 2.29. The molecule has 1 heterocycles. The number of aryl methyl sites for hydroxylation is 1. The Morgan fingerprint density at radius 3 is 2.69 bits per heavy atom. The molecule has 1 aromatic rings. The number of aromatic nitrogens is 2. The fourth-order valence-corrected chi connectivity index (χ4v) is 1.72. The second kappa shape index (κ2) is 6.69. The molecular weight excluding hydrogens is 222 g/mol. The molecule has 0 atom stereocenters. The van der Waals surface area contributed by atoms with Crippen molar-refractivity contribution in [2.24, 2.45) is 0 Å². The smallest absolute Gasteiger partial charge is 0.132 e. The van der Waals surface area contributed by atoms with Crippen LogP contribution in [0.3, 0.4) is 0 Å². The Labute approximate surface area is 103 Å². The van der Waals surface area contributed by atoms with Gasteiger partial charge < -0.3 is 4.90 Å². The quantitative estimate of drug-likeness (QED) is 0.718. The summed E-state index contributed by atoms with van der Waals surface area (Å²) in [5, 5.41) is 0. The van der Waals surface area contributed by atoms with Gasteiger partial charge in [-0.2, -0.15) is 0 Å². The molecule has 0 unspecified atom stereocenters. The van der Waals surface area contributed by atoms with Gasteiger partial charge in [-0.15, -0.1) is 11.6 Å². The highest BCUT2D eigenvalue weighted by molar-refractivity contribution is 6.17. The SMILES string of the molecule is CCc1cc(N(CCCCl)C(C)C)ncn1. The highest BCUT2D eigenvalue weighted by Gasteiger charge is 2.11. The lowest BCUT2D eigenvalue weighted by atomic mass is 10.2. The van der Waals surface area contributed by atoms with Gasteiger partial charge in [0, 0.05) is 30.2 Å². The second-order valence-corrected chi connectivity index (χ2v) is 4.43. The molecule has 0 aromatic carbocycles. The molecule has 1 aromatic heterocycles. The largest absolute Gasteiger partial charge is 0.354 e. The van der Waals surface area contributed by atoms with Gasteiger partial charge in [0.25, 0.3) is 0 Å². The molecule has 1 rings (SSSR count). The van der Waals surface area contributed by atoms with Crippen LogP contribution >= 0.6 is 11.6 Å². The van der Waals surface area contributed by atoms with Gasteiger partial charge in [0.1, 0.15) is 12.1 Å². The van der Waals surface area contributed by atoms with Crippen LogP contribution < -0.4 is 4.90 Å². The maximum Gasteiger partial charge on any atom is 0.132 e. The molecule has 0 N–H and O–H groups in total. The molecule has 16 heavy (non-hydrogen) atoms. The van der Waals surface area contributed by atoms with Crippen LogP contribution in [0.4, 0.5) is 5.82 Å². The third-order valence-electron chi connectivity index (χ3n) is 2.52. The summed E-state index contributed by atoms with van der Waals surface area (Å²) in [4.78, 5) is 10.8. The van der Waals surface area contributed by atoms with E-state index >= 15 is 0 Å². The average molecular weight is 242 g/mol. The zero-order chi connectivity index (χ0) is 12.0. The van der Waals surface area contributed by atoms with E-state index in [-0.39, 0.29) is 0 Å². The number of halogens is 1. The third-order valence-corrected chi connectivity index (χ3v) is 2.79. The monoisotopic (exact) mass is 241 g/mol. The maximum absolute atomic E-state index is 5.74. The van der Waals surface area contributed by atoms with Crippen LogP contribution in [0.15, 0.2) is 12.4 Å². The minimum absolute atomic E-state index is 0.433. The zero-order valence-electron chi connectivity index (χ0n) is 10.3. The van der Waals surface area contributed by atoms with Crippen LogP contribution in [0.5, 0.6) is 0 Å². The van der Waals surface area contributed by atoms with Crippen LogP contribution in [0.2, 0.25) is 0 Å². The molecule has 4 heteroatoms. The van der Waals surface area contributed by atoms with E-state index in [2.05, 4.69) is 41.7 Å². The van der Waals surface area contributed by atoms with Crippen LogP contribution in [-0.2, 0) is 6.42 Å². The fourth-order valence-electron chi connectivity index (χ4n) is 1.60. The fraction of sp³-hybridized carbons (Fsp3) is 0.667. The first-order valence-corrected chi connectivity index (χ1v) is 6.36. The molecule has 0 saturated heterocycles. The lowest BCUT2D eigenvalue weighted by molar-refractivity contribution is 0.661. The molecule has 0 aliphatic carbocycles. The van der Waals surface area contributed by atoms with Gasteiger partial charge >= 0.3 is 0 Å². The van der Waals surface area contributed by atoms with E-state index in [1.165, 1.54) is 0 Å². The molecule has 3 nitrogen and oxygen atoms in total. The summed E-state index contributed by atoms with van der Waals surface area (Å²) in [7, 11) is 0. The summed E-state index contributed by atoms with van der Waals surface area (Å²) in [5.74, 6) is 1.70. The van der Waals surface area contributed by atoms with Crippen molar-refractivity contribution in [3.05, 3.63) is 18.1 Å². The molecule has 0 saturated carbocycles. The van der Waals surface area contributed by atoms with E-state index in [0.717, 1.165) is 30.9 Å². The summed E-state index contributed by atoms with van der Waals surface area (Å²) in [5.41, 5.74) is 1.08. The topological polar surface area (TPSA) is 29.0 Å². The number of hydrogen-bond donors (Lipinski definition) is 0. The predicted octanol–water partition coefficient (Wildman–Crippen LogP) is 2.88. The van der Waals surface area contributed by atoms with Crippen molar-refractivity contribution in [1.29, 1.82) is 0 Å². The van der Waals surface area contributed by atoms with Crippen molar-refractivity contribution in [1.82, 2.24) is 9.97 Å². The van der Waals surface area contributed by atoms with Gasteiger partial charge in [-0.3, -0.25) is 0 Å². The molecule has 0 fully saturated rings. The summed E-state index contributed by atoms with van der Waals surface area (Å²) in [6.45, 7) is 7.38. The minimum atomic E-state index is 0.433. The van der Waals surface area contributed by atoms with Crippen LogP contribution in [-0.4, -0.2) is 28.4 Å². The summed E-state index contributed by atoms with van der Waals surface area (Å²) in [6.07, 6.45) is 3.56. The van der Waals surface area contributed by atoms with E-state index in [4.69, 9.17) is 11.6 Å². The molecule has 0 spiro atoms. The first-order chi connectivity index (χ1) is 7.69. The number of alkyl halides is 1. The highest BCUT2D eigenvalue weighted by Crippen LogP contribution is 2.15. The van der Waals surface area contributed by atoms with Crippen molar-refractivity contribution in [2.45, 2.75) is 39.7 Å². The Hall–Kier alpha value is -0.830. The maximum atomic E-state index is 5.74. The van der Waals surface area contributed by atoms with Gasteiger partial charge in [0.05, 0.1) is 0 Å². The van der Waals surface area contributed by atoms with Crippen molar-refractivity contribution in [3.63, 3.8) is 0 Å². The number of hydrogen-bond acceptors (Lipinski definition) is 3. The predicted molar refractivity (Wildman–Crippen MR) is 69.2 cm³/mol. The molecule has 90 valence electrons. The number of anilines is 1. The lowest BCUT2D eigenvalue weighted by Gasteiger charge is -2.27. The van der Waals surface area contributed by atoms with Gasteiger partial charge in [-0.05, 0) is 26.7 Å². The van der Waals surface area contributed by atoms with E-state index < -0.39 is 0 Å². The van der Waals surface area contributed by atoms with Crippen LogP contribution in [0.1, 0.15) is 32.9 Å². The molecule has 0 aliphatic heterocycles. The standard InChI is InChI=1S/C12H20ClN3/c1-4-11-8-12(15-9-14-11)16(10(2)3)7-5-6-13/h8-10H,4-7H2,1-3H3. The van der Waals surface area contributed by atoms with Crippen LogP contribution in [0.25, 0.3) is 0 Å². The van der Waals surface area contributed by atoms with E-state index in [1.54, 1.807) is 6.33 Å². The number of rotatable bonds is 6. The molecule has 0 bridgehead atoms. The minimum Gasteiger partial charge on any atom is -0.354 e. The Balaban J connectivity index is 2.82. The first-order valence-electron chi connectivity index (χ1n) is 5.82. The van der Waals surface area contributed by atoms with Crippen molar-refractivity contribution in [3.8, 4) is 0 Å².